The first kappa shape index (κ1) is 24.2. The number of nitrogens with one attached hydrogen (secondary N) is 2. The summed E-state index contributed by atoms with van der Waals surface area (Å²) in [4.78, 5) is 12.4. The summed E-state index contributed by atoms with van der Waals surface area (Å²) in [5.41, 5.74) is 9.46. The summed E-state index contributed by atoms with van der Waals surface area (Å²) in [7, 11) is 0. The van der Waals surface area contributed by atoms with Crippen molar-refractivity contribution in [2.45, 2.75) is 59.5 Å². The Bertz CT molecular complexity index is 1080. The number of esters is 1. The van der Waals surface area contributed by atoms with Gasteiger partial charge in [0.05, 0.1) is 13.2 Å². The van der Waals surface area contributed by atoms with E-state index in [0.717, 1.165) is 40.8 Å². The fourth-order valence-corrected chi connectivity index (χ4v) is 4.11. The highest BCUT2D eigenvalue weighted by Crippen LogP contribution is 2.44. The van der Waals surface area contributed by atoms with E-state index in [4.69, 9.17) is 25.4 Å². The van der Waals surface area contributed by atoms with Gasteiger partial charge >= 0.3 is 5.97 Å². The van der Waals surface area contributed by atoms with Crippen LogP contribution < -0.4 is 20.5 Å². The number of nitrogens with two attached hydrogens (primary N) is 1. The number of benzene rings is 2. The third-order valence-electron chi connectivity index (χ3n) is 6.23. The first-order valence-electron chi connectivity index (χ1n) is 11.1. The van der Waals surface area contributed by atoms with Gasteiger partial charge in [0.2, 0.25) is 0 Å². The van der Waals surface area contributed by atoms with Crippen LogP contribution >= 0.6 is 0 Å². The molecule has 0 radical (unpaired) electrons. The van der Waals surface area contributed by atoms with E-state index in [1.54, 1.807) is 25.1 Å². The number of aromatic hydroxyl groups is 1. The zero-order valence-electron chi connectivity index (χ0n) is 19.9. The van der Waals surface area contributed by atoms with Crippen molar-refractivity contribution in [2.75, 3.05) is 18.5 Å². The molecule has 8 nitrogen and oxygen atoms in total. The van der Waals surface area contributed by atoms with Gasteiger partial charge in [0.1, 0.15) is 28.4 Å². The van der Waals surface area contributed by atoms with Crippen molar-refractivity contribution in [1.29, 1.82) is 5.41 Å². The summed E-state index contributed by atoms with van der Waals surface area (Å²) in [5.74, 6) is 0.861. The van der Waals surface area contributed by atoms with Gasteiger partial charge in [-0.2, -0.15) is 0 Å². The number of carbonyl (C=O) groups excluding carboxylic acids is 1. The van der Waals surface area contributed by atoms with Gasteiger partial charge in [0.25, 0.3) is 0 Å². The molecule has 0 fully saturated rings. The molecule has 0 aromatic heterocycles. The predicted octanol–water partition coefficient (Wildman–Crippen LogP) is 4.35. The van der Waals surface area contributed by atoms with E-state index in [1.807, 2.05) is 20.8 Å². The normalized spacial score (nSPS) is 17.0. The molecule has 5 N–H and O–H groups in total. The van der Waals surface area contributed by atoms with E-state index in [-0.39, 0.29) is 18.1 Å². The van der Waals surface area contributed by atoms with Crippen LogP contribution in [0.2, 0.25) is 0 Å². The average molecular weight is 456 g/mol. The molecule has 1 atom stereocenters. The maximum absolute atomic E-state index is 12.4. The Labute approximate surface area is 194 Å². The third-order valence-corrected chi connectivity index (χ3v) is 6.23. The third kappa shape index (κ3) is 5.16. The molecule has 3 rings (SSSR count). The first-order chi connectivity index (χ1) is 15.6. The van der Waals surface area contributed by atoms with Gasteiger partial charge in [-0.1, -0.05) is 0 Å². The second-order valence-electron chi connectivity index (χ2n) is 8.65. The largest absolute Gasteiger partial charge is 0.507 e. The number of carbonyl (C=O) groups is 1. The van der Waals surface area contributed by atoms with Crippen LogP contribution in [-0.2, 0) is 11.2 Å². The number of anilines is 1. The second-order valence-corrected chi connectivity index (χ2v) is 8.65. The highest BCUT2D eigenvalue weighted by molar-refractivity contribution is 5.96. The van der Waals surface area contributed by atoms with Gasteiger partial charge in [-0.3, -0.25) is 5.41 Å². The minimum atomic E-state index is -0.504. The lowest BCUT2D eigenvalue weighted by atomic mass is 9.86. The molecule has 1 aliphatic rings. The van der Waals surface area contributed by atoms with Crippen molar-refractivity contribution < 1.29 is 24.1 Å². The number of phenolic OH excluding ortho intramolecular Hbond substituents is 1. The van der Waals surface area contributed by atoms with Crippen molar-refractivity contribution in [3.05, 3.63) is 46.0 Å². The first-order valence-corrected chi connectivity index (χ1v) is 11.1. The number of ether oxygens (including phenoxy) is 3. The van der Waals surface area contributed by atoms with Crippen molar-refractivity contribution in [1.82, 2.24) is 0 Å². The Hall–Kier alpha value is -3.42. The average Bonchev–Trinajstić information content (AvgIpc) is 2.76. The molecule has 0 aliphatic carbocycles. The summed E-state index contributed by atoms with van der Waals surface area (Å²) in [6, 6.07) is 4.91. The molecule has 0 bridgehead atoms. The summed E-state index contributed by atoms with van der Waals surface area (Å²) in [6.45, 7) is 10.2. The quantitative estimate of drug-likeness (QED) is 0.278. The minimum Gasteiger partial charge on any atom is -0.507 e. The Morgan fingerprint density at radius 2 is 2.00 bits per heavy atom. The lowest BCUT2D eigenvalue weighted by Gasteiger charge is -2.38. The van der Waals surface area contributed by atoms with Gasteiger partial charge in [-0.15, -0.1) is 0 Å². The fourth-order valence-electron chi connectivity index (χ4n) is 4.11. The highest BCUT2D eigenvalue weighted by atomic mass is 16.5. The van der Waals surface area contributed by atoms with Crippen LogP contribution in [-0.4, -0.2) is 35.9 Å². The molecular formula is C25H33N3O5. The molecule has 1 unspecified atom stereocenters. The van der Waals surface area contributed by atoms with Crippen LogP contribution in [0.4, 0.5) is 5.69 Å². The van der Waals surface area contributed by atoms with Gasteiger partial charge in [-0.25, -0.2) is 4.79 Å². The van der Waals surface area contributed by atoms with Crippen LogP contribution in [0.3, 0.4) is 0 Å². The second kappa shape index (κ2) is 9.60. The number of guanidine groups is 1. The van der Waals surface area contributed by atoms with Crippen LogP contribution in [0.15, 0.2) is 18.2 Å². The molecule has 1 aliphatic heterocycles. The summed E-state index contributed by atoms with van der Waals surface area (Å²) in [5, 5.41) is 20.4. The smallest absolute Gasteiger partial charge is 0.341 e. The molecule has 0 amide bonds. The molecule has 33 heavy (non-hydrogen) atoms. The zero-order chi connectivity index (χ0) is 24.3. The zero-order valence-corrected chi connectivity index (χ0v) is 19.9. The van der Waals surface area contributed by atoms with E-state index in [2.05, 4.69) is 12.2 Å². The van der Waals surface area contributed by atoms with E-state index in [0.29, 0.717) is 30.2 Å². The number of rotatable bonds is 7. The van der Waals surface area contributed by atoms with Gasteiger partial charge in [-0.05, 0) is 82.3 Å². The van der Waals surface area contributed by atoms with E-state index in [1.165, 1.54) is 0 Å². The van der Waals surface area contributed by atoms with E-state index >= 15 is 0 Å². The number of hydrogen-bond acceptors (Lipinski definition) is 6. The van der Waals surface area contributed by atoms with Crippen molar-refractivity contribution in [2.24, 2.45) is 5.73 Å². The number of hydrogen-bond donors (Lipinski definition) is 4. The van der Waals surface area contributed by atoms with Gasteiger partial charge < -0.3 is 30.4 Å². The highest BCUT2D eigenvalue weighted by Gasteiger charge is 2.34. The maximum Gasteiger partial charge on any atom is 0.341 e. The molecule has 0 saturated heterocycles. The molecule has 1 heterocycles. The Morgan fingerprint density at radius 1 is 1.27 bits per heavy atom. The topological polar surface area (TPSA) is 127 Å². The lowest BCUT2D eigenvalue weighted by Crippen LogP contribution is -2.38. The molecule has 0 spiro atoms. The molecule has 2 aromatic rings. The molecule has 2 aromatic carbocycles. The van der Waals surface area contributed by atoms with Crippen LogP contribution in [0.25, 0.3) is 0 Å². The van der Waals surface area contributed by atoms with E-state index in [9.17, 15) is 9.90 Å². The van der Waals surface area contributed by atoms with Crippen LogP contribution in [0.5, 0.6) is 17.2 Å². The van der Waals surface area contributed by atoms with E-state index < -0.39 is 11.6 Å². The Morgan fingerprint density at radius 3 is 2.67 bits per heavy atom. The summed E-state index contributed by atoms with van der Waals surface area (Å²) in [6.07, 6.45) is 2.21. The Kier molecular flexibility index (Phi) is 7.05. The fraction of sp³-hybridized carbons (Fsp3) is 0.440. The molecule has 8 heteroatoms. The molecular weight excluding hydrogens is 422 g/mol. The SMILES string of the molecule is CCOC(=O)c1cc(NC(=N)N)ccc1OCCC1(C)CCc2c(C)c(O)c(C)c(C)c2O1. The summed E-state index contributed by atoms with van der Waals surface area (Å²) >= 11 is 0. The maximum atomic E-state index is 12.4. The van der Waals surface area contributed by atoms with Crippen molar-refractivity contribution in [3.63, 3.8) is 0 Å². The lowest BCUT2D eigenvalue weighted by molar-refractivity contribution is 0.0405. The monoisotopic (exact) mass is 455 g/mol. The van der Waals surface area contributed by atoms with Crippen molar-refractivity contribution in [3.8, 4) is 17.2 Å². The van der Waals surface area contributed by atoms with Gasteiger partial charge in [0, 0.05) is 17.7 Å². The van der Waals surface area contributed by atoms with Crippen LogP contribution in [0, 0.1) is 26.2 Å². The summed E-state index contributed by atoms with van der Waals surface area (Å²) < 4.78 is 17.6. The Balaban J connectivity index is 1.75. The molecule has 0 saturated carbocycles. The van der Waals surface area contributed by atoms with Crippen LogP contribution in [0.1, 0.15) is 59.3 Å². The minimum absolute atomic E-state index is 0.227. The van der Waals surface area contributed by atoms with Crippen molar-refractivity contribution >= 4 is 17.6 Å². The molecule has 178 valence electrons. The van der Waals surface area contributed by atoms with Gasteiger partial charge in [0.15, 0.2) is 5.96 Å². The number of phenols is 1. The predicted molar refractivity (Wildman–Crippen MR) is 128 cm³/mol. The standard InChI is InChI=1S/C25H33N3O5/c1-6-31-23(30)19-13-17(28-24(26)27)7-8-20(19)32-12-11-25(5)10-9-18-16(4)21(29)14(2)15(3)22(18)33-25/h7-8,13,29H,6,9-12H2,1-5H3,(H4,26,27,28). The number of fused-ring (bicyclic) bond motifs is 1.